The summed E-state index contributed by atoms with van der Waals surface area (Å²) in [5.74, 6) is 5.69. The Labute approximate surface area is 103 Å². The minimum Gasteiger partial charge on any atom is -0.337 e. The van der Waals surface area contributed by atoms with Crippen LogP contribution in [0.2, 0.25) is 0 Å². The van der Waals surface area contributed by atoms with E-state index in [1.54, 1.807) is 0 Å². The number of hydrogen-bond donors (Lipinski definition) is 2. The number of amides is 2. The van der Waals surface area contributed by atoms with Crippen LogP contribution in [0.4, 0.5) is 4.79 Å². The molecule has 0 spiro atoms. The maximum absolute atomic E-state index is 11.6. The van der Waals surface area contributed by atoms with Crippen molar-refractivity contribution < 1.29 is 4.79 Å². The Morgan fingerprint density at radius 1 is 1.29 bits per heavy atom. The van der Waals surface area contributed by atoms with Crippen LogP contribution in [0, 0.1) is 0 Å². The van der Waals surface area contributed by atoms with Gasteiger partial charge in [0, 0.05) is 6.54 Å². The van der Waals surface area contributed by atoms with Crippen LogP contribution in [0.25, 0.3) is 0 Å². The molecule has 2 amide bonds. The second-order valence-corrected chi connectivity index (χ2v) is 4.05. The molecule has 0 unspecified atom stereocenters. The molecule has 94 valence electrons. The molecule has 0 radical (unpaired) electrons. The van der Waals surface area contributed by atoms with E-state index in [0.717, 1.165) is 24.8 Å². The molecule has 0 aliphatic heterocycles. The third kappa shape index (κ3) is 5.36. The standard InChI is InChI=1S/C13H21N3O/c1-2-3-7-10-15-13(17)16(14)11-12-8-5-4-6-9-12/h4-6,8-9H,2-3,7,10-11,14H2,1H3,(H,15,17). The lowest BCUT2D eigenvalue weighted by atomic mass is 10.2. The van der Waals surface area contributed by atoms with E-state index < -0.39 is 0 Å². The molecule has 0 heterocycles. The van der Waals surface area contributed by atoms with Gasteiger partial charge in [0.1, 0.15) is 0 Å². The third-order valence-electron chi connectivity index (χ3n) is 2.51. The van der Waals surface area contributed by atoms with E-state index >= 15 is 0 Å². The highest BCUT2D eigenvalue weighted by Crippen LogP contribution is 2.01. The molecule has 0 atom stereocenters. The molecule has 1 aromatic rings. The van der Waals surface area contributed by atoms with Crippen molar-refractivity contribution in [3.63, 3.8) is 0 Å². The Morgan fingerprint density at radius 2 is 2.00 bits per heavy atom. The lowest BCUT2D eigenvalue weighted by Crippen LogP contribution is -2.44. The Balaban J connectivity index is 2.27. The van der Waals surface area contributed by atoms with Crippen molar-refractivity contribution in [2.75, 3.05) is 6.54 Å². The van der Waals surface area contributed by atoms with Crippen molar-refractivity contribution in [1.82, 2.24) is 10.3 Å². The first-order valence-corrected chi connectivity index (χ1v) is 6.08. The molecule has 1 rings (SSSR count). The molecule has 17 heavy (non-hydrogen) atoms. The lowest BCUT2D eigenvalue weighted by molar-refractivity contribution is 0.196. The molecule has 0 fully saturated rings. The van der Waals surface area contributed by atoms with Gasteiger partial charge in [-0.3, -0.25) is 5.01 Å². The summed E-state index contributed by atoms with van der Waals surface area (Å²) >= 11 is 0. The van der Waals surface area contributed by atoms with Gasteiger partial charge in [-0.25, -0.2) is 10.6 Å². The minimum absolute atomic E-state index is 0.218. The van der Waals surface area contributed by atoms with Gasteiger partial charge < -0.3 is 5.32 Å². The number of nitrogens with two attached hydrogens (primary N) is 1. The average molecular weight is 235 g/mol. The summed E-state index contributed by atoms with van der Waals surface area (Å²) in [6.45, 7) is 3.25. The first-order chi connectivity index (χ1) is 8.24. The Bertz CT molecular complexity index is 327. The Kier molecular flexibility index (Phi) is 6.10. The Morgan fingerprint density at radius 3 is 2.65 bits per heavy atom. The van der Waals surface area contributed by atoms with Crippen LogP contribution >= 0.6 is 0 Å². The molecule has 0 saturated carbocycles. The van der Waals surface area contributed by atoms with Gasteiger partial charge in [-0.15, -0.1) is 0 Å². The highest BCUT2D eigenvalue weighted by atomic mass is 16.2. The largest absolute Gasteiger partial charge is 0.337 e. The van der Waals surface area contributed by atoms with Crippen molar-refractivity contribution in [2.45, 2.75) is 32.7 Å². The van der Waals surface area contributed by atoms with Crippen LogP contribution in [-0.4, -0.2) is 17.6 Å². The summed E-state index contributed by atoms with van der Waals surface area (Å²) in [6, 6.07) is 9.49. The number of hydrogen-bond acceptors (Lipinski definition) is 2. The van der Waals surface area contributed by atoms with Gasteiger partial charge in [0.05, 0.1) is 6.54 Å². The van der Waals surface area contributed by atoms with Gasteiger partial charge in [0.2, 0.25) is 0 Å². The SMILES string of the molecule is CCCCCNC(=O)N(N)Cc1ccccc1. The molecule has 0 aromatic heterocycles. The van der Waals surface area contributed by atoms with Crippen molar-refractivity contribution in [1.29, 1.82) is 0 Å². The molecule has 1 aromatic carbocycles. The van der Waals surface area contributed by atoms with Gasteiger partial charge in [0.15, 0.2) is 0 Å². The summed E-state index contributed by atoms with van der Waals surface area (Å²) in [5, 5.41) is 4.01. The van der Waals surface area contributed by atoms with Crippen LogP contribution < -0.4 is 11.2 Å². The van der Waals surface area contributed by atoms with E-state index in [2.05, 4.69) is 12.2 Å². The zero-order chi connectivity index (χ0) is 12.5. The first kappa shape index (κ1) is 13.5. The second kappa shape index (κ2) is 7.68. The number of nitrogens with zero attached hydrogens (tertiary/aromatic N) is 1. The predicted molar refractivity (Wildman–Crippen MR) is 69.1 cm³/mol. The molecule has 0 bridgehead atoms. The fraction of sp³-hybridized carbons (Fsp3) is 0.462. The summed E-state index contributed by atoms with van der Waals surface area (Å²) in [6.07, 6.45) is 3.27. The number of unbranched alkanes of at least 4 members (excludes halogenated alkanes) is 2. The van der Waals surface area contributed by atoms with Gasteiger partial charge in [-0.2, -0.15) is 0 Å². The zero-order valence-corrected chi connectivity index (χ0v) is 10.4. The molecular weight excluding hydrogens is 214 g/mol. The normalized spacial score (nSPS) is 10.0. The number of benzene rings is 1. The number of nitrogens with one attached hydrogen (secondary N) is 1. The van der Waals surface area contributed by atoms with E-state index in [0.29, 0.717) is 13.1 Å². The average Bonchev–Trinajstić information content (AvgIpc) is 2.35. The monoisotopic (exact) mass is 235 g/mol. The molecular formula is C13H21N3O. The maximum atomic E-state index is 11.6. The summed E-state index contributed by atoms with van der Waals surface area (Å²) in [5.41, 5.74) is 1.03. The highest BCUT2D eigenvalue weighted by molar-refractivity contribution is 5.73. The lowest BCUT2D eigenvalue weighted by Gasteiger charge is -2.17. The first-order valence-electron chi connectivity index (χ1n) is 6.08. The van der Waals surface area contributed by atoms with Gasteiger partial charge in [-0.1, -0.05) is 50.1 Å². The van der Waals surface area contributed by atoms with E-state index in [1.165, 1.54) is 5.01 Å². The smallest absolute Gasteiger partial charge is 0.331 e. The van der Waals surface area contributed by atoms with Gasteiger partial charge in [0.25, 0.3) is 0 Å². The van der Waals surface area contributed by atoms with Crippen LogP contribution in [0.3, 0.4) is 0 Å². The van der Waals surface area contributed by atoms with Crippen LogP contribution in [0.5, 0.6) is 0 Å². The Hall–Kier alpha value is -1.55. The van der Waals surface area contributed by atoms with Crippen molar-refractivity contribution in [2.24, 2.45) is 5.84 Å². The third-order valence-corrected chi connectivity index (χ3v) is 2.51. The summed E-state index contributed by atoms with van der Waals surface area (Å²) in [4.78, 5) is 11.6. The molecule has 4 nitrogen and oxygen atoms in total. The van der Waals surface area contributed by atoms with Crippen molar-refractivity contribution in [3.05, 3.63) is 35.9 Å². The number of urea groups is 1. The highest BCUT2D eigenvalue weighted by Gasteiger charge is 2.08. The topological polar surface area (TPSA) is 58.4 Å². The summed E-state index contributed by atoms with van der Waals surface area (Å²) < 4.78 is 0. The molecule has 0 saturated heterocycles. The quantitative estimate of drug-likeness (QED) is 0.344. The van der Waals surface area contributed by atoms with E-state index in [-0.39, 0.29) is 6.03 Å². The number of carbonyl (C=O) groups is 1. The van der Waals surface area contributed by atoms with Crippen LogP contribution in [0.1, 0.15) is 31.7 Å². The van der Waals surface area contributed by atoms with Gasteiger partial charge in [-0.05, 0) is 12.0 Å². The zero-order valence-electron chi connectivity index (χ0n) is 10.4. The number of rotatable bonds is 6. The summed E-state index contributed by atoms with van der Waals surface area (Å²) in [7, 11) is 0. The van der Waals surface area contributed by atoms with E-state index in [1.807, 2.05) is 30.3 Å². The molecule has 3 N–H and O–H groups in total. The van der Waals surface area contributed by atoms with Crippen LogP contribution in [-0.2, 0) is 6.54 Å². The van der Waals surface area contributed by atoms with Gasteiger partial charge >= 0.3 is 6.03 Å². The molecule has 4 heteroatoms. The maximum Gasteiger partial charge on any atom is 0.331 e. The number of carbonyl (C=O) groups excluding carboxylic acids is 1. The van der Waals surface area contributed by atoms with E-state index in [9.17, 15) is 4.79 Å². The van der Waals surface area contributed by atoms with Crippen LogP contribution in [0.15, 0.2) is 30.3 Å². The predicted octanol–water partition coefficient (Wildman–Crippen LogP) is 2.26. The molecule has 0 aliphatic rings. The fourth-order valence-electron chi connectivity index (χ4n) is 1.52. The van der Waals surface area contributed by atoms with E-state index in [4.69, 9.17) is 5.84 Å². The second-order valence-electron chi connectivity index (χ2n) is 4.05. The minimum atomic E-state index is -0.218. The number of hydrazine groups is 1. The van der Waals surface area contributed by atoms with Crippen molar-refractivity contribution >= 4 is 6.03 Å². The fourth-order valence-corrected chi connectivity index (χ4v) is 1.52. The van der Waals surface area contributed by atoms with Crippen molar-refractivity contribution in [3.8, 4) is 0 Å². The molecule has 0 aliphatic carbocycles.